The summed E-state index contributed by atoms with van der Waals surface area (Å²) in [5, 5.41) is 1.03. The second-order valence-electron chi connectivity index (χ2n) is 13.9. The highest BCUT2D eigenvalue weighted by Gasteiger charge is 2.23. The predicted octanol–water partition coefficient (Wildman–Crippen LogP) is 13.1. The third-order valence-corrected chi connectivity index (χ3v) is 10.5. The van der Waals surface area contributed by atoms with Gasteiger partial charge in [-0.05, 0) is 63.1 Å². The van der Waals surface area contributed by atoms with Gasteiger partial charge in [-0.2, -0.15) is 0 Å². The van der Waals surface area contributed by atoms with Crippen molar-refractivity contribution in [1.82, 2.24) is 15.0 Å². The first-order valence-corrected chi connectivity index (χ1v) is 18.7. The van der Waals surface area contributed by atoms with Crippen molar-refractivity contribution in [2.45, 2.75) is 12.8 Å². The maximum absolute atomic E-state index is 6.50. The van der Waals surface area contributed by atoms with E-state index >= 15 is 0 Å². The van der Waals surface area contributed by atoms with Crippen molar-refractivity contribution in [3.05, 3.63) is 199 Å². The van der Waals surface area contributed by atoms with Crippen LogP contribution >= 0.6 is 0 Å². The van der Waals surface area contributed by atoms with Crippen molar-refractivity contribution in [3.63, 3.8) is 0 Å². The number of aromatic nitrogens is 3. The molecule has 0 radical (unpaired) electrons. The van der Waals surface area contributed by atoms with Crippen molar-refractivity contribution in [3.8, 4) is 67.5 Å². The molecule has 260 valence electrons. The third kappa shape index (κ3) is 6.24. The topological polar surface area (TPSA) is 51.8 Å². The van der Waals surface area contributed by atoms with E-state index in [0.29, 0.717) is 17.5 Å². The molecule has 7 aromatic carbocycles. The summed E-state index contributed by atoms with van der Waals surface area (Å²) in [4.78, 5) is 15.0. The number of hydrogen-bond acceptors (Lipinski definition) is 4. The summed E-state index contributed by atoms with van der Waals surface area (Å²) in [6.07, 6.45) is 4.03. The van der Waals surface area contributed by atoms with Crippen LogP contribution in [0.15, 0.2) is 186 Å². The van der Waals surface area contributed by atoms with E-state index in [0.717, 1.165) is 51.8 Å². The minimum atomic E-state index is 0.626. The molecule has 0 bridgehead atoms. The smallest absolute Gasteiger partial charge is 0.164 e. The first-order chi connectivity index (χ1) is 27.2. The standard InChI is InChI=1S/C51H35N3O/c1-4-13-37(14-5-1)42-19-10-11-20-43(42)38-29-27-35(28-30-38)34-23-25-36(26-24-34)41-31-32-46-45(33-41)48-44(21-12-22-47(48)55-46)51-53-49(39-15-6-2-7-16-39)52-50(54-51)40-17-8-3-9-18-40/h1-30,33H,31-32H2. The number of allylic oxidation sites excluding steroid dienone is 1. The molecule has 0 saturated carbocycles. The van der Waals surface area contributed by atoms with Crippen molar-refractivity contribution >= 4 is 22.6 Å². The lowest BCUT2D eigenvalue weighted by Crippen LogP contribution is -2.01. The fraction of sp³-hybridized carbons (Fsp3) is 0.0392. The zero-order valence-corrected chi connectivity index (χ0v) is 30.1. The molecule has 0 spiro atoms. The summed E-state index contributed by atoms with van der Waals surface area (Å²) in [7, 11) is 0. The number of furan rings is 1. The Morgan fingerprint density at radius 3 is 1.38 bits per heavy atom. The number of benzene rings is 7. The highest BCUT2D eigenvalue weighted by Crippen LogP contribution is 2.41. The van der Waals surface area contributed by atoms with Crippen LogP contribution in [0.2, 0.25) is 0 Å². The molecule has 2 aromatic heterocycles. The van der Waals surface area contributed by atoms with Crippen molar-refractivity contribution in [2.75, 3.05) is 0 Å². The van der Waals surface area contributed by atoms with Crippen LogP contribution in [0.3, 0.4) is 0 Å². The second kappa shape index (κ2) is 14.0. The van der Waals surface area contributed by atoms with Crippen molar-refractivity contribution < 1.29 is 4.42 Å². The average molecular weight is 706 g/mol. The largest absolute Gasteiger partial charge is 0.460 e. The Balaban J connectivity index is 0.984. The summed E-state index contributed by atoms with van der Waals surface area (Å²) in [5.74, 6) is 2.90. The fourth-order valence-corrected chi connectivity index (χ4v) is 7.72. The van der Waals surface area contributed by atoms with Gasteiger partial charge in [-0.25, -0.2) is 15.0 Å². The van der Waals surface area contributed by atoms with Crippen LogP contribution in [-0.4, -0.2) is 15.0 Å². The Morgan fingerprint density at radius 2 is 0.800 bits per heavy atom. The van der Waals surface area contributed by atoms with Gasteiger partial charge in [-0.1, -0.05) is 176 Å². The van der Waals surface area contributed by atoms with Crippen molar-refractivity contribution in [2.24, 2.45) is 0 Å². The molecule has 0 fully saturated rings. The Kier molecular flexibility index (Phi) is 8.27. The normalized spacial score (nSPS) is 12.3. The van der Waals surface area contributed by atoms with Crippen LogP contribution in [0.1, 0.15) is 23.3 Å². The van der Waals surface area contributed by atoms with Gasteiger partial charge in [0.25, 0.3) is 0 Å². The minimum Gasteiger partial charge on any atom is -0.460 e. The lowest BCUT2D eigenvalue weighted by molar-refractivity contribution is 0.548. The molecule has 0 amide bonds. The van der Waals surface area contributed by atoms with Crippen LogP contribution in [0.25, 0.3) is 90.2 Å². The van der Waals surface area contributed by atoms with Gasteiger partial charge in [0.05, 0.1) is 0 Å². The van der Waals surface area contributed by atoms with Gasteiger partial charge >= 0.3 is 0 Å². The van der Waals surface area contributed by atoms with E-state index in [9.17, 15) is 0 Å². The van der Waals surface area contributed by atoms with E-state index in [1.807, 2.05) is 72.8 Å². The lowest BCUT2D eigenvalue weighted by Gasteiger charge is -2.15. The molecule has 2 heterocycles. The Morgan fingerprint density at radius 1 is 0.345 bits per heavy atom. The summed E-state index contributed by atoms with van der Waals surface area (Å²) in [6, 6.07) is 63.5. The predicted molar refractivity (Wildman–Crippen MR) is 225 cm³/mol. The maximum atomic E-state index is 6.50. The van der Waals surface area contributed by atoms with Gasteiger partial charge in [-0.3, -0.25) is 0 Å². The highest BCUT2D eigenvalue weighted by atomic mass is 16.3. The molecule has 1 aliphatic carbocycles. The minimum absolute atomic E-state index is 0.626. The first kappa shape index (κ1) is 32.5. The summed E-state index contributed by atoms with van der Waals surface area (Å²) >= 11 is 0. The molecule has 0 unspecified atom stereocenters. The molecule has 4 nitrogen and oxygen atoms in total. The van der Waals surface area contributed by atoms with E-state index in [-0.39, 0.29) is 0 Å². The molecule has 4 heteroatoms. The Hall–Kier alpha value is -7.17. The molecule has 1 aliphatic rings. The van der Waals surface area contributed by atoms with Gasteiger partial charge in [-0.15, -0.1) is 0 Å². The second-order valence-corrected chi connectivity index (χ2v) is 13.9. The van der Waals surface area contributed by atoms with Gasteiger partial charge in [0.2, 0.25) is 0 Å². The lowest BCUT2D eigenvalue weighted by atomic mass is 9.89. The van der Waals surface area contributed by atoms with Crippen LogP contribution in [0, 0.1) is 0 Å². The van der Waals surface area contributed by atoms with E-state index in [2.05, 4.69) is 115 Å². The van der Waals surface area contributed by atoms with E-state index < -0.39 is 0 Å². The monoisotopic (exact) mass is 705 g/mol. The maximum Gasteiger partial charge on any atom is 0.164 e. The van der Waals surface area contributed by atoms with Gasteiger partial charge in [0, 0.05) is 34.1 Å². The molecule has 0 saturated heterocycles. The van der Waals surface area contributed by atoms with Crippen LogP contribution < -0.4 is 0 Å². The third-order valence-electron chi connectivity index (χ3n) is 10.5. The number of fused-ring (bicyclic) bond motifs is 3. The van der Waals surface area contributed by atoms with E-state index in [1.165, 1.54) is 44.5 Å². The van der Waals surface area contributed by atoms with E-state index in [1.54, 1.807) is 0 Å². The quantitative estimate of drug-likeness (QED) is 0.166. The summed E-state index contributed by atoms with van der Waals surface area (Å²) < 4.78 is 6.50. The van der Waals surface area contributed by atoms with E-state index in [4.69, 9.17) is 19.4 Å². The SMILES string of the molecule is C1=C(c2ccc(-c3ccc(-c4ccccc4-c4ccccc4)cc3)cc2)CCc2oc3cccc(-c4nc(-c5ccccc5)nc(-c5ccccc5)n4)c3c21. The van der Waals surface area contributed by atoms with Gasteiger partial charge < -0.3 is 4.42 Å². The van der Waals surface area contributed by atoms with Crippen molar-refractivity contribution in [1.29, 1.82) is 0 Å². The Labute approximate surface area is 320 Å². The highest BCUT2D eigenvalue weighted by molar-refractivity contribution is 6.03. The average Bonchev–Trinajstić information content (AvgIpc) is 3.66. The van der Waals surface area contributed by atoms with Crippen LogP contribution in [-0.2, 0) is 6.42 Å². The molecule has 0 N–H and O–H groups in total. The van der Waals surface area contributed by atoms with Crippen LogP contribution in [0.4, 0.5) is 0 Å². The van der Waals surface area contributed by atoms with Gasteiger partial charge in [0.15, 0.2) is 17.5 Å². The fourth-order valence-electron chi connectivity index (χ4n) is 7.72. The number of rotatable bonds is 7. The number of nitrogens with zero attached hydrogens (tertiary/aromatic N) is 3. The molecule has 0 aliphatic heterocycles. The number of aryl methyl sites for hydroxylation is 1. The number of hydrogen-bond donors (Lipinski definition) is 0. The summed E-state index contributed by atoms with van der Waals surface area (Å²) in [5.41, 5.74) is 14.6. The first-order valence-electron chi connectivity index (χ1n) is 18.7. The zero-order valence-electron chi connectivity index (χ0n) is 30.1. The summed E-state index contributed by atoms with van der Waals surface area (Å²) in [6.45, 7) is 0. The van der Waals surface area contributed by atoms with Gasteiger partial charge in [0.1, 0.15) is 11.3 Å². The molecule has 10 rings (SSSR count). The molecular weight excluding hydrogens is 671 g/mol. The Bertz CT molecular complexity index is 2770. The zero-order chi connectivity index (χ0) is 36.6. The molecule has 55 heavy (non-hydrogen) atoms. The molecule has 9 aromatic rings. The van der Waals surface area contributed by atoms with Crippen LogP contribution in [0.5, 0.6) is 0 Å². The molecule has 0 atom stereocenters. The molecular formula is C51H35N3O.